The highest BCUT2D eigenvalue weighted by Crippen LogP contribution is 2.30. The molecule has 7 nitrogen and oxygen atoms in total. The molecule has 2 aromatic rings. The summed E-state index contributed by atoms with van der Waals surface area (Å²) in [6.45, 7) is 5.27. The van der Waals surface area contributed by atoms with E-state index in [1.807, 2.05) is 49.6 Å². The molecule has 1 N–H and O–H groups in total. The van der Waals surface area contributed by atoms with Crippen LogP contribution in [0.25, 0.3) is 5.65 Å². The van der Waals surface area contributed by atoms with Crippen molar-refractivity contribution in [2.45, 2.75) is 19.4 Å². The Morgan fingerprint density at radius 2 is 2.10 bits per heavy atom. The Morgan fingerprint density at radius 3 is 2.81 bits per heavy atom. The number of nitrogens with one attached hydrogen (secondary N) is 1. The Labute approximate surface area is 123 Å². The summed E-state index contributed by atoms with van der Waals surface area (Å²) in [5, 5.41) is 3.05. The molecule has 0 radical (unpaired) electrons. The minimum absolute atomic E-state index is 0.0927. The standard InChI is InChI=1S/C14H20N6O/c1-14(2)13(21)18(4)7-8-20(14)12-11-16-5-6-19(11)9-10(15-3)17-12/h5-6,9,15H,7-8H2,1-4H3. The number of rotatable bonds is 2. The molecule has 1 fully saturated rings. The lowest BCUT2D eigenvalue weighted by molar-refractivity contribution is -0.136. The summed E-state index contributed by atoms with van der Waals surface area (Å²) in [4.78, 5) is 25.3. The SMILES string of the molecule is CNc1cn2ccnc2c(N2CCN(C)C(=O)C2(C)C)n1. The van der Waals surface area contributed by atoms with E-state index in [4.69, 9.17) is 0 Å². The first kappa shape index (κ1) is 13.7. The van der Waals surface area contributed by atoms with Crippen LogP contribution in [0.5, 0.6) is 0 Å². The van der Waals surface area contributed by atoms with Crippen LogP contribution >= 0.6 is 0 Å². The average Bonchev–Trinajstić information content (AvgIpc) is 2.92. The fourth-order valence-corrected chi connectivity index (χ4v) is 2.80. The molecule has 1 aliphatic heterocycles. The van der Waals surface area contributed by atoms with E-state index in [-0.39, 0.29) is 5.91 Å². The zero-order chi connectivity index (χ0) is 15.2. The van der Waals surface area contributed by atoms with Crippen molar-refractivity contribution in [2.75, 3.05) is 37.4 Å². The van der Waals surface area contributed by atoms with Crippen molar-refractivity contribution in [2.24, 2.45) is 0 Å². The van der Waals surface area contributed by atoms with Crippen molar-refractivity contribution in [3.63, 3.8) is 0 Å². The molecule has 3 heterocycles. The zero-order valence-corrected chi connectivity index (χ0v) is 12.8. The van der Waals surface area contributed by atoms with Crippen LogP contribution in [0.3, 0.4) is 0 Å². The number of hydrogen-bond acceptors (Lipinski definition) is 5. The van der Waals surface area contributed by atoms with Gasteiger partial charge in [0, 0.05) is 39.6 Å². The Hall–Kier alpha value is -2.31. The lowest BCUT2D eigenvalue weighted by Crippen LogP contribution is -2.62. The molecule has 1 amide bonds. The van der Waals surface area contributed by atoms with Gasteiger partial charge in [-0.3, -0.25) is 4.79 Å². The maximum absolute atomic E-state index is 12.5. The third-order valence-corrected chi connectivity index (χ3v) is 4.07. The number of nitrogens with zero attached hydrogens (tertiary/aromatic N) is 5. The van der Waals surface area contributed by atoms with Crippen LogP contribution in [0.2, 0.25) is 0 Å². The second-order valence-electron chi connectivity index (χ2n) is 5.80. The predicted molar refractivity (Wildman–Crippen MR) is 81.6 cm³/mol. The minimum Gasteiger partial charge on any atom is -0.372 e. The van der Waals surface area contributed by atoms with Crippen LogP contribution in [-0.4, -0.2) is 57.9 Å². The summed E-state index contributed by atoms with van der Waals surface area (Å²) >= 11 is 0. The van der Waals surface area contributed by atoms with E-state index >= 15 is 0 Å². The third-order valence-electron chi connectivity index (χ3n) is 4.07. The molecule has 112 valence electrons. The summed E-state index contributed by atoms with van der Waals surface area (Å²) in [6, 6.07) is 0. The fraction of sp³-hybridized carbons (Fsp3) is 0.500. The van der Waals surface area contributed by atoms with Gasteiger partial charge in [0.25, 0.3) is 0 Å². The summed E-state index contributed by atoms with van der Waals surface area (Å²) < 4.78 is 1.92. The number of aromatic nitrogens is 3. The predicted octanol–water partition coefficient (Wildman–Crippen LogP) is 0.828. The van der Waals surface area contributed by atoms with Crippen molar-refractivity contribution >= 4 is 23.2 Å². The molecule has 0 aliphatic carbocycles. The Morgan fingerprint density at radius 1 is 1.33 bits per heavy atom. The summed E-state index contributed by atoms with van der Waals surface area (Å²) in [7, 11) is 3.67. The second-order valence-corrected chi connectivity index (χ2v) is 5.80. The normalized spacial score (nSPS) is 18.4. The van der Waals surface area contributed by atoms with Crippen molar-refractivity contribution in [1.29, 1.82) is 0 Å². The van der Waals surface area contributed by atoms with Crippen LogP contribution in [0.15, 0.2) is 18.6 Å². The quantitative estimate of drug-likeness (QED) is 0.886. The van der Waals surface area contributed by atoms with Gasteiger partial charge in [0.05, 0.1) is 6.20 Å². The molecule has 0 bridgehead atoms. The smallest absolute Gasteiger partial charge is 0.247 e. The maximum Gasteiger partial charge on any atom is 0.247 e. The molecule has 0 unspecified atom stereocenters. The van der Waals surface area contributed by atoms with Gasteiger partial charge in [-0.1, -0.05) is 0 Å². The molecule has 0 aromatic carbocycles. The highest BCUT2D eigenvalue weighted by atomic mass is 16.2. The average molecular weight is 288 g/mol. The highest BCUT2D eigenvalue weighted by molar-refractivity contribution is 5.91. The maximum atomic E-state index is 12.5. The van der Waals surface area contributed by atoms with Crippen molar-refractivity contribution < 1.29 is 4.79 Å². The van der Waals surface area contributed by atoms with Gasteiger partial charge in [0.15, 0.2) is 11.5 Å². The van der Waals surface area contributed by atoms with Gasteiger partial charge in [-0.25, -0.2) is 9.97 Å². The number of piperazine rings is 1. The molecular formula is C14H20N6O. The van der Waals surface area contributed by atoms with Gasteiger partial charge in [-0.15, -0.1) is 0 Å². The molecule has 3 rings (SSSR count). The van der Waals surface area contributed by atoms with Crippen LogP contribution < -0.4 is 10.2 Å². The number of carbonyl (C=O) groups excluding carboxylic acids is 1. The first-order valence-corrected chi connectivity index (χ1v) is 7.00. The van der Waals surface area contributed by atoms with Gasteiger partial charge < -0.3 is 19.5 Å². The van der Waals surface area contributed by atoms with Crippen LogP contribution in [-0.2, 0) is 4.79 Å². The molecule has 7 heteroatoms. The molecular weight excluding hydrogens is 268 g/mol. The fourth-order valence-electron chi connectivity index (χ4n) is 2.80. The van der Waals surface area contributed by atoms with E-state index in [1.54, 1.807) is 11.1 Å². The molecule has 1 aliphatic rings. The van der Waals surface area contributed by atoms with E-state index in [0.29, 0.717) is 6.54 Å². The molecule has 2 aromatic heterocycles. The van der Waals surface area contributed by atoms with E-state index in [9.17, 15) is 4.79 Å². The first-order valence-electron chi connectivity index (χ1n) is 7.00. The monoisotopic (exact) mass is 288 g/mol. The number of imidazole rings is 1. The second kappa shape index (κ2) is 4.61. The summed E-state index contributed by atoms with van der Waals surface area (Å²) in [5.41, 5.74) is 0.123. The number of likely N-dealkylation sites (N-methyl/N-ethyl adjacent to an activating group) is 1. The number of fused-ring (bicyclic) bond motifs is 1. The lowest BCUT2D eigenvalue weighted by atomic mass is 9.98. The number of amides is 1. The van der Waals surface area contributed by atoms with E-state index < -0.39 is 5.54 Å². The van der Waals surface area contributed by atoms with Gasteiger partial charge >= 0.3 is 0 Å². The van der Waals surface area contributed by atoms with Crippen LogP contribution in [0.4, 0.5) is 11.6 Å². The minimum atomic E-state index is -0.640. The van der Waals surface area contributed by atoms with E-state index in [1.165, 1.54) is 0 Å². The first-order chi connectivity index (χ1) is 9.95. The van der Waals surface area contributed by atoms with E-state index in [2.05, 4.69) is 15.3 Å². The van der Waals surface area contributed by atoms with Crippen molar-refractivity contribution in [1.82, 2.24) is 19.3 Å². The Kier molecular flexibility index (Phi) is 3.00. The summed E-state index contributed by atoms with van der Waals surface area (Å²) in [6.07, 6.45) is 5.51. The van der Waals surface area contributed by atoms with Crippen LogP contribution in [0.1, 0.15) is 13.8 Å². The third kappa shape index (κ3) is 2.00. The van der Waals surface area contributed by atoms with Gasteiger partial charge in [-0.05, 0) is 13.8 Å². The topological polar surface area (TPSA) is 65.8 Å². The lowest BCUT2D eigenvalue weighted by Gasteiger charge is -2.45. The largest absolute Gasteiger partial charge is 0.372 e. The molecule has 21 heavy (non-hydrogen) atoms. The van der Waals surface area contributed by atoms with Gasteiger partial charge in [-0.2, -0.15) is 0 Å². The molecule has 1 saturated heterocycles. The van der Waals surface area contributed by atoms with Crippen molar-refractivity contribution in [3.05, 3.63) is 18.6 Å². The zero-order valence-electron chi connectivity index (χ0n) is 12.8. The Bertz CT molecular complexity index is 692. The number of hydrogen-bond donors (Lipinski definition) is 1. The van der Waals surface area contributed by atoms with Crippen molar-refractivity contribution in [3.8, 4) is 0 Å². The molecule has 0 atom stereocenters. The van der Waals surface area contributed by atoms with Crippen LogP contribution in [0, 0.1) is 0 Å². The number of anilines is 2. The molecule has 0 saturated carbocycles. The summed E-state index contributed by atoms with van der Waals surface area (Å²) in [5.74, 6) is 1.58. The van der Waals surface area contributed by atoms with E-state index in [0.717, 1.165) is 23.8 Å². The van der Waals surface area contributed by atoms with Gasteiger partial charge in [0.1, 0.15) is 11.4 Å². The Balaban J connectivity index is 2.15. The highest BCUT2D eigenvalue weighted by Gasteiger charge is 2.42. The van der Waals surface area contributed by atoms with Gasteiger partial charge in [0.2, 0.25) is 5.91 Å². The molecule has 0 spiro atoms. The number of carbonyl (C=O) groups is 1.